The van der Waals surface area contributed by atoms with Crippen molar-refractivity contribution in [3.8, 4) is 11.4 Å². The molecule has 6 rings (SSSR count). The number of piperazine rings is 1. The van der Waals surface area contributed by atoms with Crippen molar-refractivity contribution in [2.24, 2.45) is 0 Å². The van der Waals surface area contributed by atoms with E-state index in [1.807, 2.05) is 43.3 Å². The third kappa shape index (κ3) is 5.18. The molecule has 0 spiro atoms. The molecule has 0 radical (unpaired) electrons. The number of hydrogen-bond acceptors (Lipinski definition) is 11. The highest BCUT2D eigenvalue weighted by atomic mass is 16.5. The Bertz CT molecular complexity index is 1350. The van der Waals surface area contributed by atoms with Crippen LogP contribution in [0.15, 0.2) is 47.1 Å². The number of hydrogen-bond donors (Lipinski definition) is 3. The molecule has 0 saturated carbocycles. The van der Waals surface area contributed by atoms with Crippen molar-refractivity contribution < 1.29 is 9.63 Å². The molecule has 12 heteroatoms. The quantitative estimate of drug-likeness (QED) is 0.319. The van der Waals surface area contributed by atoms with Gasteiger partial charge in [-0.25, -0.2) is 0 Å². The zero-order valence-electron chi connectivity index (χ0n) is 21.4. The van der Waals surface area contributed by atoms with E-state index in [0.717, 1.165) is 74.2 Å². The van der Waals surface area contributed by atoms with Gasteiger partial charge in [-0.05, 0) is 31.9 Å². The number of H-pyrrole nitrogens is 1. The van der Waals surface area contributed by atoms with Crippen LogP contribution in [-0.4, -0.2) is 86.2 Å². The molecular formula is C26H32N10O2. The summed E-state index contributed by atoms with van der Waals surface area (Å²) in [4.78, 5) is 21.1. The van der Waals surface area contributed by atoms with Gasteiger partial charge in [0.05, 0.1) is 18.3 Å². The van der Waals surface area contributed by atoms with E-state index in [1.54, 1.807) is 6.20 Å². The van der Waals surface area contributed by atoms with Crippen LogP contribution in [-0.2, 0) is 0 Å². The summed E-state index contributed by atoms with van der Waals surface area (Å²) >= 11 is 0. The van der Waals surface area contributed by atoms with E-state index < -0.39 is 0 Å². The highest BCUT2D eigenvalue weighted by Crippen LogP contribution is 2.37. The standard InChI is InChI=1S/C26H32N10O2/c1-18-15-24(32-31-18)28-23-17-25(35-11-9-34(10-12-35)13-14-37)30-26(29-23)36-8-4-6-21(36)22-16-20(33-38-22)19-5-2-3-7-27-19/h2-3,5,7,15-17,21,37H,4,6,8-14H2,1H3,(H2,28,29,30,31,32)/t21-/m0/s1. The second-order valence-corrected chi connectivity index (χ2v) is 9.71. The molecule has 4 aromatic rings. The number of aromatic amines is 1. The minimum Gasteiger partial charge on any atom is -0.395 e. The van der Waals surface area contributed by atoms with Gasteiger partial charge in [-0.3, -0.25) is 15.0 Å². The highest BCUT2D eigenvalue weighted by Gasteiger charge is 2.32. The fourth-order valence-corrected chi connectivity index (χ4v) is 5.12. The molecule has 0 aromatic carbocycles. The van der Waals surface area contributed by atoms with Gasteiger partial charge in [-0.1, -0.05) is 11.2 Å². The molecule has 38 heavy (non-hydrogen) atoms. The van der Waals surface area contributed by atoms with Crippen molar-refractivity contribution in [3.63, 3.8) is 0 Å². The lowest BCUT2D eigenvalue weighted by Crippen LogP contribution is -2.47. The molecule has 0 bridgehead atoms. The molecular weight excluding hydrogens is 484 g/mol. The predicted molar refractivity (Wildman–Crippen MR) is 143 cm³/mol. The van der Waals surface area contributed by atoms with Crippen LogP contribution in [0, 0.1) is 6.92 Å². The van der Waals surface area contributed by atoms with Crippen LogP contribution in [0.5, 0.6) is 0 Å². The summed E-state index contributed by atoms with van der Waals surface area (Å²) in [5, 5.41) is 24.2. The summed E-state index contributed by atoms with van der Waals surface area (Å²) < 4.78 is 5.81. The molecule has 1 atom stereocenters. The predicted octanol–water partition coefficient (Wildman–Crippen LogP) is 2.76. The van der Waals surface area contributed by atoms with Crippen molar-refractivity contribution in [2.45, 2.75) is 25.8 Å². The largest absolute Gasteiger partial charge is 0.395 e. The second kappa shape index (κ2) is 10.8. The van der Waals surface area contributed by atoms with Gasteiger partial charge in [0.1, 0.15) is 17.3 Å². The molecule has 2 aliphatic rings. The van der Waals surface area contributed by atoms with Crippen LogP contribution in [0.2, 0.25) is 0 Å². The summed E-state index contributed by atoms with van der Waals surface area (Å²) in [5.41, 5.74) is 2.47. The maximum atomic E-state index is 9.31. The minimum atomic E-state index is -0.0166. The topological polar surface area (TPSA) is 135 Å². The Morgan fingerprint density at radius 1 is 1.05 bits per heavy atom. The van der Waals surface area contributed by atoms with Crippen molar-refractivity contribution in [1.29, 1.82) is 0 Å². The zero-order valence-corrected chi connectivity index (χ0v) is 21.4. The lowest BCUT2D eigenvalue weighted by atomic mass is 10.1. The van der Waals surface area contributed by atoms with Crippen LogP contribution >= 0.6 is 0 Å². The molecule has 12 nitrogen and oxygen atoms in total. The third-order valence-electron chi connectivity index (χ3n) is 7.07. The Morgan fingerprint density at radius 3 is 2.71 bits per heavy atom. The summed E-state index contributed by atoms with van der Waals surface area (Å²) in [6.45, 7) is 7.07. The van der Waals surface area contributed by atoms with Crippen LogP contribution < -0.4 is 15.1 Å². The number of nitrogens with zero attached hydrogens (tertiary/aromatic N) is 8. The summed E-state index contributed by atoms with van der Waals surface area (Å²) in [7, 11) is 0. The molecule has 3 N–H and O–H groups in total. The molecule has 198 valence electrons. The van der Waals surface area contributed by atoms with Gasteiger partial charge in [-0.15, -0.1) is 0 Å². The van der Waals surface area contributed by atoms with Crippen LogP contribution in [0.4, 0.5) is 23.4 Å². The smallest absolute Gasteiger partial charge is 0.229 e. The Morgan fingerprint density at radius 2 is 1.95 bits per heavy atom. The number of β-amino-alcohol motifs (C(OH)–C–C–N with tert-alkyl or cyclic N) is 1. The number of aliphatic hydroxyl groups is 1. The first kappa shape index (κ1) is 24.3. The van der Waals surface area contributed by atoms with E-state index in [2.05, 4.69) is 40.4 Å². The third-order valence-corrected chi connectivity index (χ3v) is 7.07. The van der Waals surface area contributed by atoms with E-state index in [1.165, 1.54) is 0 Å². The first-order valence-corrected chi connectivity index (χ1v) is 13.1. The fraction of sp³-hybridized carbons (Fsp3) is 0.423. The Labute approximate surface area is 220 Å². The molecule has 2 saturated heterocycles. The monoisotopic (exact) mass is 516 g/mol. The molecule has 0 unspecified atom stereocenters. The number of nitrogens with one attached hydrogen (secondary N) is 2. The maximum Gasteiger partial charge on any atom is 0.229 e. The van der Waals surface area contributed by atoms with E-state index in [0.29, 0.717) is 24.1 Å². The molecule has 0 aliphatic carbocycles. The van der Waals surface area contributed by atoms with Gasteiger partial charge < -0.3 is 24.7 Å². The number of anilines is 4. The van der Waals surface area contributed by atoms with Gasteiger partial charge in [0.25, 0.3) is 0 Å². The molecule has 2 fully saturated rings. The van der Waals surface area contributed by atoms with Crippen molar-refractivity contribution in [3.05, 3.63) is 54.0 Å². The summed E-state index contributed by atoms with van der Waals surface area (Å²) in [5.74, 6) is 3.69. The second-order valence-electron chi connectivity index (χ2n) is 9.71. The summed E-state index contributed by atoms with van der Waals surface area (Å²) in [6.07, 6.45) is 3.68. The minimum absolute atomic E-state index is 0.0166. The van der Waals surface area contributed by atoms with E-state index in [-0.39, 0.29) is 12.6 Å². The highest BCUT2D eigenvalue weighted by molar-refractivity contribution is 5.61. The fourth-order valence-electron chi connectivity index (χ4n) is 5.12. The van der Waals surface area contributed by atoms with Crippen LogP contribution in [0.3, 0.4) is 0 Å². The molecule has 4 aromatic heterocycles. The Balaban J connectivity index is 1.29. The average molecular weight is 517 g/mol. The van der Waals surface area contributed by atoms with Crippen molar-refractivity contribution in [1.82, 2.24) is 35.2 Å². The van der Waals surface area contributed by atoms with Gasteiger partial charge in [0.2, 0.25) is 5.95 Å². The molecule has 6 heterocycles. The average Bonchev–Trinajstić information content (AvgIpc) is 3.71. The number of aliphatic hydroxyl groups excluding tert-OH is 1. The first-order chi connectivity index (χ1) is 18.7. The van der Waals surface area contributed by atoms with Gasteiger partial charge in [-0.2, -0.15) is 15.1 Å². The lowest BCUT2D eigenvalue weighted by Gasteiger charge is -2.35. The van der Waals surface area contributed by atoms with Gasteiger partial charge in [0.15, 0.2) is 11.6 Å². The van der Waals surface area contributed by atoms with Crippen LogP contribution in [0.1, 0.15) is 30.3 Å². The molecule has 2 aliphatic heterocycles. The van der Waals surface area contributed by atoms with Crippen molar-refractivity contribution >= 4 is 23.4 Å². The Kier molecular flexibility index (Phi) is 6.88. The van der Waals surface area contributed by atoms with E-state index in [4.69, 9.17) is 14.5 Å². The van der Waals surface area contributed by atoms with Crippen LogP contribution in [0.25, 0.3) is 11.4 Å². The summed E-state index contributed by atoms with van der Waals surface area (Å²) in [6, 6.07) is 11.6. The van der Waals surface area contributed by atoms with Gasteiger partial charge >= 0.3 is 0 Å². The Hall–Kier alpha value is -4.03. The number of pyridine rings is 1. The lowest BCUT2D eigenvalue weighted by molar-refractivity contribution is 0.188. The van der Waals surface area contributed by atoms with Gasteiger partial charge in [0, 0.05) is 69.4 Å². The SMILES string of the molecule is Cc1cc(Nc2cc(N3CCN(CCO)CC3)nc(N3CCC[C@H]3c3cc(-c4ccccn4)no3)n2)n[nH]1. The number of aryl methyl sites for hydroxylation is 1. The van der Waals surface area contributed by atoms with E-state index >= 15 is 0 Å². The van der Waals surface area contributed by atoms with Crippen molar-refractivity contribution in [2.75, 3.05) is 61.0 Å². The molecule has 0 amide bonds. The normalized spacial score (nSPS) is 18.3. The first-order valence-electron chi connectivity index (χ1n) is 13.1. The van der Waals surface area contributed by atoms with E-state index in [9.17, 15) is 5.11 Å². The zero-order chi connectivity index (χ0) is 25.9. The number of rotatable bonds is 8. The maximum absolute atomic E-state index is 9.31. The number of aromatic nitrogens is 6.